The van der Waals surface area contributed by atoms with E-state index in [4.69, 9.17) is 0 Å². The number of nitrogens with one attached hydrogen (secondary N) is 2. The molecule has 2 aromatic heterocycles. The maximum atomic E-state index is 12.3. The van der Waals surface area contributed by atoms with Crippen LogP contribution in [0.3, 0.4) is 0 Å². The van der Waals surface area contributed by atoms with Gasteiger partial charge in [-0.2, -0.15) is 5.10 Å². The number of halogens is 1. The van der Waals surface area contributed by atoms with Crippen LogP contribution in [0.25, 0.3) is 0 Å². The molecule has 2 aromatic rings. The highest BCUT2D eigenvalue weighted by atomic mass is 35.5. The van der Waals surface area contributed by atoms with Crippen LogP contribution in [0.15, 0.2) is 24.7 Å². The molecule has 0 bridgehead atoms. The number of hydrogen-bond donors (Lipinski definition) is 2. The lowest BCUT2D eigenvalue weighted by Gasteiger charge is -2.22. The summed E-state index contributed by atoms with van der Waals surface area (Å²) < 4.78 is 1.88. The van der Waals surface area contributed by atoms with Gasteiger partial charge in [-0.1, -0.05) is 20.8 Å². The molecular formula is C17H25ClN6O. The Hall–Kier alpha value is -1.99. The molecule has 1 unspecified atom stereocenters. The Labute approximate surface area is 154 Å². The van der Waals surface area contributed by atoms with Gasteiger partial charge in [0.15, 0.2) is 5.69 Å². The van der Waals surface area contributed by atoms with Gasteiger partial charge >= 0.3 is 0 Å². The van der Waals surface area contributed by atoms with E-state index in [0.29, 0.717) is 17.4 Å². The van der Waals surface area contributed by atoms with E-state index in [1.807, 2.05) is 31.6 Å². The molecule has 136 valence electrons. The van der Waals surface area contributed by atoms with E-state index < -0.39 is 0 Å². The molecule has 1 aliphatic heterocycles. The summed E-state index contributed by atoms with van der Waals surface area (Å²) in [5.74, 6) is 0.499. The summed E-state index contributed by atoms with van der Waals surface area (Å²) in [6.07, 6.45) is 7.34. The van der Waals surface area contributed by atoms with E-state index in [1.165, 1.54) is 0 Å². The van der Waals surface area contributed by atoms with Crippen LogP contribution in [0.2, 0.25) is 0 Å². The molecule has 8 heteroatoms. The van der Waals surface area contributed by atoms with Crippen LogP contribution in [-0.4, -0.2) is 38.7 Å². The minimum atomic E-state index is -0.246. The molecular weight excluding hydrogens is 340 g/mol. The highest BCUT2D eigenvalue weighted by Gasteiger charge is 2.19. The number of rotatable bonds is 3. The van der Waals surface area contributed by atoms with Crippen LogP contribution in [0.5, 0.6) is 0 Å². The van der Waals surface area contributed by atoms with Crippen molar-refractivity contribution in [2.24, 2.45) is 0 Å². The first kappa shape index (κ1) is 19.3. The summed E-state index contributed by atoms with van der Waals surface area (Å²) in [4.78, 5) is 21.0. The van der Waals surface area contributed by atoms with E-state index in [2.05, 4.69) is 25.7 Å². The molecule has 25 heavy (non-hydrogen) atoms. The Morgan fingerprint density at radius 3 is 2.64 bits per heavy atom. The zero-order valence-electron chi connectivity index (χ0n) is 14.8. The fourth-order valence-electron chi connectivity index (χ4n) is 2.70. The van der Waals surface area contributed by atoms with Gasteiger partial charge in [0.2, 0.25) is 0 Å². The molecule has 1 amide bonds. The zero-order chi connectivity index (χ0) is 17.2. The average Bonchev–Trinajstić information content (AvgIpc) is 3.05. The van der Waals surface area contributed by atoms with E-state index in [-0.39, 0.29) is 23.7 Å². The first-order valence-corrected chi connectivity index (χ1v) is 8.33. The van der Waals surface area contributed by atoms with Crippen molar-refractivity contribution in [2.75, 3.05) is 18.4 Å². The first-order valence-electron chi connectivity index (χ1n) is 8.33. The number of piperidine rings is 1. The molecule has 3 rings (SSSR count). The number of amides is 1. The molecule has 0 saturated carbocycles. The van der Waals surface area contributed by atoms with Crippen LogP contribution in [0.4, 0.5) is 5.69 Å². The van der Waals surface area contributed by atoms with Crippen molar-refractivity contribution in [3.8, 4) is 0 Å². The lowest BCUT2D eigenvalue weighted by Crippen LogP contribution is -2.32. The van der Waals surface area contributed by atoms with Gasteiger partial charge in [0, 0.05) is 18.2 Å². The summed E-state index contributed by atoms with van der Waals surface area (Å²) in [7, 11) is 0. The number of carbonyl (C=O) groups is 1. The summed E-state index contributed by atoms with van der Waals surface area (Å²) in [5, 5.41) is 10.6. The fraction of sp³-hybridized carbons (Fsp3) is 0.529. The lowest BCUT2D eigenvalue weighted by molar-refractivity contribution is 0.102. The Morgan fingerprint density at radius 1 is 1.32 bits per heavy atom. The zero-order valence-corrected chi connectivity index (χ0v) is 15.6. The second-order valence-corrected chi connectivity index (χ2v) is 7.18. The van der Waals surface area contributed by atoms with Crippen molar-refractivity contribution in [2.45, 2.75) is 45.1 Å². The van der Waals surface area contributed by atoms with Gasteiger partial charge in [0.25, 0.3) is 5.91 Å². The summed E-state index contributed by atoms with van der Waals surface area (Å²) in [6, 6.07) is 2.06. The molecule has 0 radical (unpaired) electrons. The predicted octanol–water partition coefficient (Wildman–Crippen LogP) is 2.57. The molecule has 1 atom stereocenters. The van der Waals surface area contributed by atoms with Crippen molar-refractivity contribution in [3.05, 3.63) is 36.2 Å². The fourth-order valence-corrected chi connectivity index (χ4v) is 2.70. The van der Waals surface area contributed by atoms with E-state index >= 15 is 0 Å². The van der Waals surface area contributed by atoms with Gasteiger partial charge in [-0.3, -0.25) is 9.48 Å². The smallest absolute Gasteiger partial charge is 0.276 e. The first-order chi connectivity index (χ1) is 11.4. The largest absolute Gasteiger partial charge is 0.318 e. The normalized spacial score (nSPS) is 17.6. The lowest BCUT2D eigenvalue weighted by atomic mass is 9.96. The van der Waals surface area contributed by atoms with Gasteiger partial charge in [0.05, 0.1) is 24.1 Å². The van der Waals surface area contributed by atoms with Gasteiger partial charge in [0.1, 0.15) is 5.82 Å². The molecule has 2 N–H and O–H groups in total. The van der Waals surface area contributed by atoms with Crippen LogP contribution in [0.1, 0.15) is 56.0 Å². The number of aromatic nitrogens is 4. The second-order valence-electron chi connectivity index (χ2n) is 7.18. The summed E-state index contributed by atoms with van der Waals surface area (Å²) in [5.41, 5.74) is 0.859. The van der Waals surface area contributed by atoms with Crippen molar-refractivity contribution >= 4 is 24.0 Å². The van der Waals surface area contributed by atoms with Gasteiger partial charge < -0.3 is 10.6 Å². The third kappa shape index (κ3) is 4.76. The Morgan fingerprint density at radius 2 is 2.04 bits per heavy atom. The van der Waals surface area contributed by atoms with Crippen molar-refractivity contribution in [1.82, 2.24) is 25.1 Å². The third-order valence-corrected chi connectivity index (χ3v) is 4.07. The van der Waals surface area contributed by atoms with E-state index in [9.17, 15) is 4.79 Å². The number of hydrogen-bond acceptors (Lipinski definition) is 5. The minimum absolute atomic E-state index is 0. The van der Waals surface area contributed by atoms with E-state index in [1.54, 1.807) is 18.5 Å². The van der Waals surface area contributed by atoms with E-state index in [0.717, 1.165) is 31.8 Å². The molecule has 1 aliphatic rings. The van der Waals surface area contributed by atoms with Crippen molar-refractivity contribution in [3.63, 3.8) is 0 Å². The Kier molecular flexibility index (Phi) is 6.13. The van der Waals surface area contributed by atoms with Crippen molar-refractivity contribution < 1.29 is 4.79 Å². The van der Waals surface area contributed by atoms with Crippen LogP contribution in [-0.2, 0) is 5.41 Å². The SMILES string of the molecule is CC(C)(C)c1ncc(NC(=O)c2ccn(C3CCCNC3)n2)cn1.Cl. The van der Waals surface area contributed by atoms with Gasteiger partial charge in [-0.25, -0.2) is 9.97 Å². The summed E-state index contributed by atoms with van der Waals surface area (Å²) in [6.45, 7) is 8.09. The van der Waals surface area contributed by atoms with Crippen molar-refractivity contribution in [1.29, 1.82) is 0 Å². The highest BCUT2D eigenvalue weighted by molar-refractivity contribution is 6.02. The molecule has 0 spiro atoms. The van der Waals surface area contributed by atoms with Gasteiger partial charge in [-0.05, 0) is 25.5 Å². The molecule has 3 heterocycles. The molecule has 0 aromatic carbocycles. The molecule has 1 saturated heterocycles. The topological polar surface area (TPSA) is 84.7 Å². The standard InChI is InChI=1S/C17H24N6O.ClH/c1-17(2,3)16-19-9-12(10-20-16)21-15(24)14-6-8-23(22-14)13-5-4-7-18-11-13;/h6,8-10,13,18H,4-5,7,11H2,1-3H3,(H,21,24);1H. The molecule has 1 fully saturated rings. The Balaban J connectivity index is 0.00000225. The molecule has 0 aliphatic carbocycles. The second kappa shape index (κ2) is 7.93. The van der Waals surface area contributed by atoms with Crippen LogP contribution < -0.4 is 10.6 Å². The monoisotopic (exact) mass is 364 g/mol. The molecule has 7 nitrogen and oxygen atoms in total. The van der Waals surface area contributed by atoms with Crippen LogP contribution in [0, 0.1) is 0 Å². The predicted molar refractivity (Wildman–Crippen MR) is 99.3 cm³/mol. The Bertz CT molecular complexity index is 701. The quantitative estimate of drug-likeness (QED) is 0.874. The number of nitrogens with zero attached hydrogens (tertiary/aromatic N) is 4. The third-order valence-electron chi connectivity index (χ3n) is 4.07. The van der Waals surface area contributed by atoms with Crippen LogP contribution >= 0.6 is 12.4 Å². The minimum Gasteiger partial charge on any atom is -0.318 e. The average molecular weight is 365 g/mol. The number of anilines is 1. The highest BCUT2D eigenvalue weighted by Crippen LogP contribution is 2.19. The van der Waals surface area contributed by atoms with Gasteiger partial charge in [-0.15, -0.1) is 12.4 Å². The maximum Gasteiger partial charge on any atom is 0.276 e. The maximum absolute atomic E-state index is 12.3. The summed E-state index contributed by atoms with van der Waals surface area (Å²) >= 11 is 0. The number of carbonyl (C=O) groups excluding carboxylic acids is 1.